The summed E-state index contributed by atoms with van der Waals surface area (Å²) in [6.45, 7) is 0.583. The quantitative estimate of drug-likeness (QED) is 0.899. The van der Waals surface area contributed by atoms with E-state index >= 15 is 0 Å². The van der Waals surface area contributed by atoms with E-state index in [1.807, 2.05) is 24.3 Å². The first-order chi connectivity index (χ1) is 9.00. The summed E-state index contributed by atoms with van der Waals surface area (Å²) in [6.07, 6.45) is -3.49. The number of alkyl halides is 3. The first-order valence-electron chi connectivity index (χ1n) is 5.97. The van der Waals surface area contributed by atoms with Crippen LogP contribution >= 0.6 is 12.4 Å². The first-order valence-corrected chi connectivity index (χ1v) is 5.97. The largest absolute Gasteiger partial charge is 0.416 e. The Morgan fingerprint density at radius 3 is 1.65 bits per heavy atom. The van der Waals surface area contributed by atoms with Gasteiger partial charge in [-0.2, -0.15) is 13.2 Å². The topological polar surface area (TPSA) is 26.0 Å². The molecule has 2 rings (SSSR count). The molecule has 2 aromatic carbocycles. The Labute approximate surface area is 122 Å². The maximum absolute atomic E-state index is 12.4. The van der Waals surface area contributed by atoms with Crippen molar-refractivity contribution in [3.8, 4) is 11.1 Å². The highest BCUT2D eigenvalue weighted by Crippen LogP contribution is 2.30. The average Bonchev–Trinajstić information content (AvgIpc) is 2.39. The van der Waals surface area contributed by atoms with E-state index < -0.39 is 11.7 Å². The Bertz CT molecular complexity index is 533. The molecule has 5 heteroatoms. The predicted molar refractivity (Wildman–Crippen MR) is 76.9 cm³/mol. The summed E-state index contributed by atoms with van der Waals surface area (Å²) in [6, 6.07) is 12.9. The van der Waals surface area contributed by atoms with Crippen molar-refractivity contribution in [2.24, 2.45) is 5.73 Å². The average molecular weight is 302 g/mol. The van der Waals surface area contributed by atoms with Gasteiger partial charge in [0, 0.05) is 0 Å². The van der Waals surface area contributed by atoms with E-state index in [2.05, 4.69) is 0 Å². The fraction of sp³-hybridized carbons (Fsp3) is 0.200. The molecule has 0 heterocycles. The molecule has 2 N–H and O–H groups in total. The van der Waals surface area contributed by atoms with Crippen LogP contribution in [0.3, 0.4) is 0 Å². The van der Waals surface area contributed by atoms with Gasteiger partial charge in [-0.25, -0.2) is 0 Å². The number of rotatable bonds is 3. The van der Waals surface area contributed by atoms with Crippen molar-refractivity contribution in [1.29, 1.82) is 0 Å². The van der Waals surface area contributed by atoms with Crippen LogP contribution in [0.1, 0.15) is 11.1 Å². The second kappa shape index (κ2) is 6.77. The molecule has 0 spiro atoms. The fourth-order valence-electron chi connectivity index (χ4n) is 1.88. The van der Waals surface area contributed by atoms with Crippen molar-refractivity contribution in [2.75, 3.05) is 6.54 Å². The van der Waals surface area contributed by atoms with Crippen LogP contribution in [0.2, 0.25) is 0 Å². The van der Waals surface area contributed by atoms with Crippen LogP contribution in [0.5, 0.6) is 0 Å². The fourth-order valence-corrected chi connectivity index (χ4v) is 1.88. The minimum absolute atomic E-state index is 0. The first kappa shape index (κ1) is 16.5. The molecule has 0 saturated heterocycles. The minimum atomic E-state index is -4.29. The van der Waals surface area contributed by atoms with Gasteiger partial charge in [0.25, 0.3) is 0 Å². The summed E-state index contributed by atoms with van der Waals surface area (Å²) in [5.41, 5.74) is 7.62. The molecular weight excluding hydrogens is 287 g/mol. The molecule has 0 radical (unpaired) electrons. The summed E-state index contributed by atoms with van der Waals surface area (Å²) >= 11 is 0. The summed E-state index contributed by atoms with van der Waals surface area (Å²) < 4.78 is 37.3. The lowest BCUT2D eigenvalue weighted by molar-refractivity contribution is -0.137. The summed E-state index contributed by atoms with van der Waals surface area (Å²) in [5, 5.41) is 0. The van der Waals surface area contributed by atoms with Crippen LogP contribution in [-0.4, -0.2) is 6.54 Å². The van der Waals surface area contributed by atoms with E-state index in [4.69, 9.17) is 5.73 Å². The van der Waals surface area contributed by atoms with Crippen molar-refractivity contribution < 1.29 is 13.2 Å². The Morgan fingerprint density at radius 1 is 0.800 bits per heavy atom. The van der Waals surface area contributed by atoms with Crippen LogP contribution in [-0.2, 0) is 12.6 Å². The number of benzene rings is 2. The van der Waals surface area contributed by atoms with Gasteiger partial charge in [-0.15, -0.1) is 12.4 Å². The molecule has 0 aromatic heterocycles. The molecule has 0 unspecified atom stereocenters. The summed E-state index contributed by atoms with van der Waals surface area (Å²) in [4.78, 5) is 0. The van der Waals surface area contributed by atoms with Crippen LogP contribution in [0.25, 0.3) is 11.1 Å². The normalized spacial score (nSPS) is 11.0. The van der Waals surface area contributed by atoms with E-state index in [9.17, 15) is 13.2 Å². The van der Waals surface area contributed by atoms with Crippen LogP contribution < -0.4 is 5.73 Å². The molecule has 0 fully saturated rings. The van der Waals surface area contributed by atoms with Gasteiger partial charge >= 0.3 is 6.18 Å². The van der Waals surface area contributed by atoms with Gasteiger partial charge in [0.2, 0.25) is 0 Å². The zero-order chi connectivity index (χ0) is 13.9. The maximum atomic E-state index is 12.4. The van der Waals surface area contributed by atoms with Crippen LogP contribution in [0.4, 0.5) is 13.2 Å². The molecule has 0 aliphatic heterocycles. The van der Waals surface area contributed by atoms with Crippen LogP contribution in [0.15, 0.2) is 48.5 Å². The lowest BCUT2D eigenvalue weighted by atomic mass is 10.0. The molecule has 0 aliphatic carbocycles. The highest BCUT2D eigenvalue weighted by molar-refractivity contribution is 5.85. The molecule has 2 aromatic rings. The minimum Gasteiger partial charge on any atom is -0.330 e. The standard InChI is InChI=1S/C15H14F3N.ClH/c16-15(17,18)14-7-5-13(6-8-14)12-3-1-11(2-4-12)9-10-19;/h1-8H,9-10,19H2;1H. The molecule has 0 amide bonds. The van der Waals surface area contributed by atoms with Crippen molar-refractivity contribution >= 4 is 12.4 Å². The van der Waals surface area contributed by atoms with Gasteiger partial charge < -0.3 is 5.73 Å². The maximum Gasteiger partial charge on any atom is 0.416 e. The summed E-state index contributed by atoms with van der Waals surface area (Å²) in [5.74, 6) is 0. The Morgan fingerprint density at radius 2 is 1.25 bits per heavy atom. The molecule has 0 atom stereocenters. The molecule has 0 aliphatic rings. The summed E-state index contributed by atoms with van der Waals surface area (Å²) in [7, 11) is 0. The third-order valence-electron chi connectivity index (χ3n) is 2.93. The molecular formula is C15H15ClF3N. The second-order valence-corrected chi connectivity index (χ2v) is 4.31. The number of nitrogens with two attached hydrogens (primary N) is 1. The van der Waals surface area contributed by atoms with E-state index in [1.54, 1.807) is 0 Å². The molecule has 1 nitrogen and oxygen atoms in total. The number of hydrogen-bond acceptors (Lipinski definition) is 1. The monoisotopic (exact) mass is 301 g/mol. The highest BCUT2D eigenvalue weighted by Gasteiger charge is 2.29. The zero-order valence-electron chi connectivity index (χ0n) is 10.7. The lowest BCUT2D eigenvalue weighted by Crippen LogP contribution is -2.04. The van der Waals surface area contributed by atoms with E-state index in [1.165, 1.54) is 12.1 Å². The Kier molecular flexibility index (Phi) is 5.60. The van der Waals surface area contributed by atoms with E-state index in [0.717, 1.165) is 35.2 Å². The van der Waals surface area contributed by atoms with Gasteiger partial charge in [0.15, 0.2) is 0 Å². The van der Waals surface area contributed by atoms with Gasteiger partial charge in [-0.1, -0.05) is 36.4 Å². The Balaban J connectivity index is 0.00000200. The Hall–Kier alpha value is -1.52. The van der Waals surface area contributed by atoms with Crippen molar-refractivity contribution in [1.82, 2.24) is 0 Å². The lowest BCUT2D eigenvalue weighted by Gasteiger charge is -2.08. The number of halogens is 4. The highest BCUT2D eigenvalue weighted by atomic mass is 35.5. The van der Waals surface area contributed by atoms with E-state index in [0.29, 0.717) is 6.54 Å². The van der Waals surface area contributed by atoms with Crippen LogP contribution in [0, 0.1) is 0 Å². The molecule has 20 heavy (non-hydrogen) atoms. The smallest absolute Gasteiger partial charge is 0.330 e. The third-order valence-corrected chi connectivity index (χ3v) is 2.93. The van der Waals surface area contributed by atoms with Gasteiger partial charge in [0.05, 0.1) is 5.56 Å². The van der Waals surface area contributed by atoms with Crippen molar-refractivity contribution in [3.63, 3.8) is 0 Å². The number of hydrogen-bond donors (Lipinski definition) is 1. The molecule has 108 valence electrons. The molecule has 0 bridgehead atoms. The van der Waals surface area contributed by atoms with Gasteiger partial charge in [0.1, 0.15) is 0 Å². The SMILES string of the molecule is Cl.NCCc1ccc(-c2ccc(C(F)(F)F)cc2)cc1. The van der Waals surface area contributed by atoms with Crippen molar-refractivity contribution in [2.45, 2.75) is 12.6 Å². The van der Waals surface area contributed by atoms with E-state index in [-0.39, 0.29) is 12.4 Å². The predicted octanol–water partition coefficient (Wildman–Crippen LogP) is 4.30. The van der Waals surface area contributed by atoms with Crippen molar-refractivity contribution in [3.05, 3.63) is 59.7 Å². The zero-order valence-corrected chi connectivity index (χ0v) is 11.5. The molecule has 0 saturated carbocycles. The third kappa shape index (κ3) is 3.99. The van der Waals surface area contributed by atoms with Gasteiger partial charge in [-0.3, -0.25) is 0 Å². The van der Waals surface area contributed by atoms with Gasteiger partial charge in [-0.05, 0) is 41.8 Å². The second-order valence-electron chi connectivity index (χ2n) is 4.31.